The lowest BCUT2D eigenvalue weighted by atomic mass is 10.0. The molecule has 22 heavy (non-hydrogen) atoms. The van der Waals surface area contributed by atoms with Crippen molar-refractivity contribution in [2.24, 2.45) is 7.05 Å². The van der Waals surface area contributed by atoms with Crippen LogP contribution in [0.1, 0.15) is 54.1 Å². The highest BCUT2D eigenvalue weighted by atomic mass is 32.1. The van der Waals surface area contributed by atoms with Gasteiger partial charge in [0.25, 0.3) is 0 Å². The first kappa shape index (κ1) is 14.1. The van der Waals surface area contributed by atoms with E-state index in [1.54, 1.807) is 0 Å². The molecule has 1 saturated heterocycles. The minimum atomic E-state index is 0.0435. The Labute approximate surface area is 134 Å². The number of nitrogens with zero attached hydrogens (tertiary/aromatic N) is 4. The largest absolute Gasteiger partial charge is 0.371 e. The summed E-state index contributed by atoms with van der Waals surface area (Å²) in [6, 6.07) is 0.238. The van der Waals surface area contributed by atoms with Crippen molar-refractivity contribution in [2.45, 2.75) is 51.2 Å². The van der Waals surface area contributed by atoms with Gasteiger partial charge in [-0.2, -0.15) is 9.47 Å². The van der Waals surface area contributed by atoms with Crippen LogP contribution in [0.3, 0.4) is 0 Å². The zero-order valence-electron chi connectivity index (χ0n) is 13.2. The SMILES string of the molecule is Cc1nn(C)c(C)c1[C@H]1OCC[C@@H]1Nc1nc(C2CC2)ns1. The monoisotopic (exact) mass is 319 g/mol. The highest BCUT2D eigenvalue weighted by Crippen LogP contribution is 2.40. The summed E-state index contributed by atoms with van der Waals surface area (Å²) in [6.07, 6.45) is 3.50. The van der Waals surface area contributed by atoms with Gasteiger partial charge in [-0.1, -0.05) is 0 Å². The Balaban J connectivity index is 1.55. The van der Waals surface area contributed by atoms with Gasteiger partial charge >= 0.3 is 0 Å². The second kappa shape index (κ2) is 5.31. The van der Waals surface area contributed by atoms with Gasteiger partial charge in [0, 0.05) is 42.4 Å². The van der Waals surface area contributed by atoms with Crippen molar-refractivity contribution >= 4 is 16.7 Å². The lowest BCUT2D eigenvalue weighted by molar-refractivity contribution is 0.106. The third kappa shape index (κ3) is 2.42. The molecule has 1 N–H and O–H groups in total. The van der Waals surface area contributed by atoms with Crippen LogP contribution in [0.2, 0.25) is 0 Å². The van der Waals surface area contributed by atoms with Crippen molar-refractivity contribution in [2.75, 3.05) is 11.9 Å². The standard InChI is InChI=1S/C15H21N5OS/c1-8-12(9(2)20(3)18-8)13-11(6-7-21-13)16-15-17-14(19-22-15)10-4-5-10/h10-11,13H,4-7H2,1-3H3,(H,16,17,19)/t11-,13-/m0/s1. The van der Waals surface area contributed by atoms with Crippen LogP contribution in [0.5, 0.6) is 0 Å². The van der Waals surface area contributed by atoms with Crippen molar-refractivity contribution < 1.29 is 4.74 Å². The maximum absolute atomic E-state index is 6.01. The molecule has 2 fully saturated rings. The second-order valence-electron chi connectivity index (χ2n) is 6.27. The van der Waals surface area contributed by atoms with Gasteiger partial charge in [-0.3, -0.25) is 4.68 Å². The normalized spacial score (nSPS) is 24.9. The second-order valence-corrected chi connectivity index (χ2v) is 7.02. The number of hydrogen-bond donors (Lipinski definition) is 1. The number of aromatic nitrogens is 4. The molecule has 0 amide bonds. The van der Waals surface area contributed by atoms with Gasteiger partial charge in [-0.15, -0.1) is 0 Å². The molecule has 0 spiro atoms. The van der Waals surface area contributed by atoms with Crippen molar-refractivity contribution in [1.29, 1.82) is 0 Å². The molecular formula is C15H21N5OS. The lowest BCUT2D eigenvalue weighted by Gasteiger charge is -2.20. The van der Waals surface area contributed by atoms with Crippen LogP contribution >= 0.6 is 11.5 Å². The molecule has 2 atom stereocenters. The van der Waals surface area contributed by atoms with Crippen molar-refractivity contribution in [3.8, 4) is 0 Å². The minimum absolute atomic E-state index is 0.0435. The highest BCUT2D eigenvalue weighted by Gasteiger charge is 2.35. The van der Waals surface area contributed by atoms with Crippen molar-refractivity contribution in [3.63, 3.8) is 0 Å². The van der Waals surface area contributed by atoms with Gasteiger partial charge in [-0.05, 0) is 33.1 Å². The summed E-state index contributed by atoms with van der Waals surface area (Å²) in [4.78, 5) is 4.63. The molecule has 2 aliphatic rings. The minimum Gasteiger partial charge on any atom is -0.371 e. The Morgan fingerprint density at radius 3 is 2.77 bits per heavy atom. The van der Waals surface area contributed by atoms with E-state index in [1.165, 1.54) is 35.6 Å². The fraction of sp³-hybridized carbons (Fsp3) is 0.667. The third-order valence-electron chi connectivity index (χ3n) is 4.63. The summed E-state index contributed by atoms with van der Waals surface area (Å²) in [7, 11) is 1.98. The van der Waals surface area contributed by atoms with E-state index in [1.807, 2.05) is 11.7 Å². The molecule has 2 aromatic rings. The summed E-state index contributed by atoms with van der Waals surface area (Å²) >= 11 is 1.47. The van der Waals surface area contributed by atoms with Crippen molar-refractivity contribution in [1.82, 2.24) is 19.1 Å². The van der Waals surface area contributed by atoms with Crippen LogP contribution in [0.4, 0.5) is 5.13 Å². The van der Waals surface area contributed by atoms with Gasteiger partial charge in [0.05, 0.1) is 11.7 Å². The van der Waals surface area contributed by atoms with E-state index in [4.69, 9.17) is 4.74 Å². The zero-order chi connectivity index (χ0) is 15.3. The average Bonchev–Trinajstić information content (AvgIpc) is 2.98. The summed E-state index contributed by atoms with van der Waals surface area (Å²) in [6.45, 7) is 4.92. The molecule has 0 aromatic carbocycles. The van der Waals surface area contributed by atoms with Crippen LogP contribution in [-0.4, -0.2) is 31.8 Å². The molecule has 4 rings (SSSR count). The number of aryl methyl sites for hydroxylation is 2. The zero-order valence-corrected chi connectivity index (χ0v) is 14.0. The number of rotatable bonds is 4. The van der Waals surface area contributed by atoms with E-state index in [-0.39, 0.29) is 12.1 Å². The number of ether oxygens (including phenoxy) is 1. The van der Waals surface area contributed by atoms with E-state index in [0.29, 0.717) is 5.92 Å². The number of nitrogens with one attached hydrogen (secondary N) is 1. The maximum Gasteiger partial charge on any atom is 0.202 e. The molecule has 1 aliphatic carbocycles. The summed E-state index contributed by atoms with van der Waals surface area (Å²) in [5, 5.41) is 8.97. The van der Waals surface area contributed by atoms with E-state index in [9.17, 15) is 0 Å². The van der Waals surface area contributed by atoms with Crippen LogP contribution in [-0.2, 0) is 11.8 Å². The van der Waals surface area contributed by atoms with Crippen LogP contribution in [0.15, 0.2) is 0 Å². The summed E-state index contributed by atoms with van der Waals surface area (Å²) < 4.78 is 12.4. The van der Waals surface area contributed by atoms with E-state index in [0.717, 1.165) is 29.7 Å². The van der Waals surface area contributed by atoms with E-state index >= 15 is 0 Å². The van der Waals surface area contributed by atoms with Crippen LogP contribution in [0, 0.1) is 13.8 Å². The molecule has 1 saturated carbocycles. The van der Waals surface area contributed by atoms with Gasteiger partial charge < -0.3 is 10.1 Å². The Morgan fingerprint density at radius 2 is 2.09 bits per heavy atom. The number of hydrogen-bond acceptors (Lipinski definition) is 6. The average molecular weight is 319 g/mol. The van der Waals surface area contributed by atoms with Gasteiger partial charge in [0.15, 0.2) is 0 Å². The van der Waals surface area contributed by atoms with Gasteiger partial charge in [0.1, 0.15) is 11.9 Å². The molecule has 7 heteroatoms. The first-order valence-electron chi connectivity index (χ1n) is 7.85. The molecule has 1 aliphatic heterocycles. The fourth-order valence-electron chi connectivity index (χ4n) is 3.18. The Kier molecular flexibility index (Phi) is 3.41. The predicted molar refractivity (Wildman–Crippen MR) is 85.3 cm³/mol. The predicted octanol–water partition coefficient (Wildman–Crippen LogP) is 2.71. The van der Waals surface area contributed by atoms with Crippen molar-refractivity contribution in [3.05, 3.63) is 22.8 Å². The molecule has 0 radical (unpaired) electrons. The summed E-state index contributed by atoms with van der Waals surface area (Å²) in [5.41, 5.74) is 3.44. The smallest absolute Gasteiger partial charge is 0.202 e. The van der Waals surface area contributed by atoms with E-state index in [2.05, 4.69) is 33.6 Å². The molecule has 0 unspecified atom stereocenters. The Morgan fingerprint density at radius 1 is 1.27 bits per heavy atom. The van der Waals surface area contributed by atoms with E-state index < -0.39 is 0 Å². The molecule has 118 valence electrons. The molecule has 0 bridgehead atoms. The summed E-state index contributed by atoms with van der Waals surface area (Å²) in [5.74, 6) is 1.61. The number of anilines is 1. The van der Waals surface area contributed by atoms with Crippen LogP contribution in [0.25, 0.3) is 0 Å². The first-order chi connectivity index (χ1) is 10.6. The quantitative estimate of drug-likeness (QED) is 0.938. The highest BCUT2D eigenvalue weighted by molar-refractivity contribution is 7.09. The molecule has 2 aromatic heterocycles. The fourth-order valence-corrected chi connectivity index (χ4v) is 3.89. The van der Waals surface area contributed by atoms with Crippen LogP contribution < -0.4 is 5.32 Å². The molecule has 6 nitrogen and oxygen atoms in total. The first-order valence-corrected chi connectivity index (χ1v) is 8.62. The topological polar surface area (TPSA) is 64.9 Å². The van der Waals surface area contributed by atoms with Gasteiger partial charge in [0.2, 0.25) is 5.13 Å². The Hall–Kier alpha value is -1.47. The third-order valence-corrected chi connectivity index (χ3v) is 5.29. The lowest BCUT2D eigenvalue weighted by Crippen LogP contribution is -2.24. The Bertz CT molecular complexity index is 690. The van der Waals surface area contributed by atoms with Gasteiger partial charge in [-0.25, -0.2) is 4.98 Å². The molecule has 3 heterocycles. The maximum atomic E-state index is 6.01. The molecular weight excluding hydrogens is 298 g/mol.